The number of halogens is 3. The summed E-state index contributed by atoms with van der Waals surface area (Å²) in [5, 5.41) is 2.52. The number of aromatic nitrogens is 1. The van der Waals surface area contributed by atoms with E-state index in [9.17, 15) is 13.6 Å². The third kappa shape index (κ3) is 3.19. The maximum atomic E-state index is 13.6. The van der Waals surface area contributed by atoms with Gasteiger partial charge in [-0.1, -0.05) is 12.1 Å². The number of pyridine rings is 1. The molecular weight excluding hydrogens is 330 g/mol. The number of carbonyl (C=O) groups excluding carboxylic acids is 1. The first-order chi connectivity index (χ1) is 9.49. The molecule has 0 saturated carbocycles. The monoisotopic (exact) mass is 340 g/mol. The van der Waals surface area contributed by atoms with Crippen molar-refractivity contribution in [2.75, 3.05) is 0 Å². The van der Waals surface area contributed by atoms with Crippen LogP contribution in [-0.2, 0) is 0 Å². The summed E-state index contributed by atoms with van der Waals surface area (Å²) in [4.78, 5) is 15.9. The van der Waals surface area contributed by atoms with Crippen LogP contribution in [0.4, 0.5) is 8.78 Å². The van der Waals surface area contributed by atoms with Gasteiger partial charge < -0.3 is 5.32 Å². The highest BCUT2D eigenvalue weighted by Crippen LogP contribution is 2.20. The van der Waals surface area contributed by atoms with Crippen molar-refractivity contribution in [1.82, 2.24) is 10.3 Å². The molecular formula is C14H11BrF2N2O. The van der Waals surface area contributed by atoms with Crippen LogP contribution in [-0.4, -0.2) is 10.9 Å². The number of nitrogens with zero attached hydrogens (tertiary/aromatic N) is 1. The Morgan fingerprint density at radius 1 is 1.20 bits per heavy atom. The molecule has 1 N–H and O–H groups in total. The maximum Gasteiger partial charge on any atom is 0.270 e. The number of rotatable bonds is 3. The predicted octanol–water partition coefficient (Wildman–Crippen LogP) is 3.61. The molecule has 6 heteroatoms. The fraction of sp³-hybridized carbons (Fsp3) is 0.143. The zero-order chi connectivity index (χ0) is 14.7. The van der Waals surface area contributed by atoms with E-state index in [1.165, 1.54) is 19.1 Å². The van der Waals surface area contributed by atoms with Gasteiger partial charge in [-0.25, -0.2) is 13.8 Å². The van der Waals surface area contributed by atoms with Gasteiger partial charge in [0.15, 0.2) is 0 Å². The molecule has 104 valence electrons. The normalized spacial score (nSPS) is 12.0. The SMILES string of the molecule is CC(NC(=O)c1cccc(Br)n1)c1c(F)cccc1F. The number of amides is 1. The van der Waals surface area contributed by atoms with Gasteiger partial charge in [0.25, 0.3) is 5.91 Å². The summed E-state index contributed by atoms with van der Waals surface area (Å²) in [5.74, 6) is -1.89. The van der Waals surface area contributed by atoms with E-state index < -0.39 is 23.6 Å². The average Bonchev–Trinajstić information content (AvgIpc) is 2.38. The summed E-state index contributed by atoms with van der Waals surface area (Å²) >= 11 is 3.15. The van der Waals surface area contributed by atoms with Crippen molar-refractivity contribution in [3.8, 4) is 0 Å². The van der Waals surface area contributed by atoms with Crippen LogP contribution in [0.3, 0.4) is 0 Å². The van der Waals surface area contributed by atoms with Crippen molar-refractivity contribution in [2.45, 2.75) is 13.0 Å². The van der Waals surface area contributed by atoms with Gasteiger partial charge in [-0.3, -0.25) is 4.79 Å². The van der Waals surface area contributed by atoms with Crippen LogP contribution in [0.1, 0.15) is 29.0 Å². The van der Waals surface area contributed by atoms with E-state index in [0.29, 0.717) is 4.60 Å². The van der Waals surface area contributed by atoms with Crippen molar-refractivity contribution >= 4 is 21.8 Å². The van der Waals surface area contributed by atoms with Gasteiger partial charge in [-0.15, -0.1) is 0 Å². The molecule has 3 nitrogen and oxygen atoms in total. The van der Waals surface area contributed by atoms with Gasteiger partial charge in [0, 0.05) is 5.56 Å². The van der Waals surface area contributed by atoms with Crippen LogP contribution in [0.25, 0.3) is 0 Å². The Bertz CT molecular complexity index is 629. The van der Waals surface area contributed by atoms with Crippen molar-refractivity contribution in [1.29, 1.82) is 0 Å². The molecule has 0 aliphatic carbocycles. The number of benzene rings is 1. The van der Waals surface area contributed by atoms with E-state index >= 15 is 0 Å². The highest BCUT2D eigenvalue weighted by atomic mass is 79.9. The van der Waals surface area contributed by atoms with E-state index in [1.54, 1.807) is 12.1 Å². The van der Waals surface area contributed by atoms with Crippen molar-refractivity contribution in [3.63, 3.8) is 0 Å². The quantitative estimate of drug-likeness (QED) is 0.867. The second kappa shape index (κ2) is 6.09. The first-order valence-corrected chi connectivity index (χ1v) is 6.65. The van der Waals surface area contributed by atoms with Gasteiger partial charge in [-0.2, -0.15) is 0 Å². The van der Waals surface area contributed by atoms with E-state index in [2.05, 4.69) is 26.2 Å². The molecule has 1 heterocycles. The number of carbonyl (C=O) groups is 1. The minimum Gasteiger partial charge on any atom is -0.344 e. The lowest BCUT2D eigenvalue weighted by Gasteiger charge is -2.15. The second-order valence-electron chi connectivity index (χ2n) is 4.18. The van der Waals surface area contributed by atoms with E-state index in [4.69, 9.17) is 0 Å². The molecule has 0 saturated heterocycles. The summed E-state index contributed by atoms with van der Waals surface area (Å²) in [6.45, 7) is 1.51. The molecule has 1 unspecified atom stereocenters. The van der Waals surface area contributed by atoms with E-state index in [1.807, 2.05) is 0 Å². The van der Waals surface area contributed by atoms with Crippen LogP contribution in [0.2, 0.25) is 0 Å². The van der Waals surface area contributed by atoms with Crippen LogP contribution in [0.5, 0.6) is 0 Å². The standard InChI is InChI=1S/C14H11BrF2N2O/c1-8(13-9(16)4-2-5-10(13)17)18-14(20)11-6-3-7-12(15)19-11/h2-8H,1H3,(H,18,20). The summed E-state index contributed by atoms with van der Waals surface area (Å²) in [6, 6.07) is 7.63. The number of hydrogen-bond acceptors (Lipinski definition) is 2. The second-order valence-corrected chi connectivity index (χ2v) is 4.99. The number of nitrogens with one attached hydrogen (secondary N) is 1. The first kappa shape index (κ1) is 14.6. The summed E-state index contributed by atoms with van der Waals surface area (Å²) in [6.07, 6.45) is 0. The van der Waals surface area contributed by atoms with E-state index in [-0.39, 0.29) is 11.3 Å². The Morgan fingerprint density at radius 3 is 2.40 bits per heavy atom. The maximum absolute atomic E-state index is 13.6. The Balaban J connectivity index is 2.20. The van der Waals surface area contributed by atoms with Crippen molar-refractivity contribution in [3.05, 3.63) is 63.9 Å². The van der Waals surface area contributed by atoms with Gasteiger partial charge >= 0.3 is 0 Å². The molecule has 1 atom stereocenters. The smallest absolute Gasteiger partial charge is 0.270 e. The number of hydrogen-bond donors (Lipinski definition) is 1. The summed E-state index contributed by atoms with van der Waals surface area (Å²) < 4.78 is 27.7. The van der Waals surface area contributed by atoms with Crippen molar-refractivity contribution in [2.24, 2.45) is 0 Å². The molecule has 0 bridgehead atoms. The largest absolute Gasteiger partial charge is 0.344 e. The lowest BCUT2D eigenvalue weighted by Crippen LogP contribution is -2.28. The first-order valence-electron chi connectivity index (χ1n) is 5.86. The third-order valence-corrected chi connectivity index (χ3v) is 3.17. The fourth-order valence-electron chi connectivity index (χ4n) is 1.80. The molecule has 0 radical (unpaired) electrons. The fourth-order valence-corrected chi connectivity index (χ4v) is 2.15. The molecule has 0 spiro atoms. The molecule has 0 fully saturated rings. The topological polar surface area (TPSA) is 42.0 Å². The lowest BCUT2D eigenvalue weighted by molar-refractivity contribution is 0.0933. The molecule has 0 aliphatic heterocycles. The van der Waals surface area contributed by atoms with Crippen LogP contribution in [0, 0.1) is 11.6 Å². The highest BCUT2D eigenvalue weighted by molar-refractivity contribution is 9.10. The third-order valence-electron chi connectivity index (χ3n) is 2.73. The van der Waals surface area contributed by atoms with Gasteiger partial charge in [0.2, 0.25) is 0 Å². The molecule has 0 aliphatic rings. The van der Waals surface area contributed by atoms with Gasteiger partial charge in [0.05, 0.1) is 6.04 Å². The Hall–Kier alpha value is -1.82. The van der Waals surface area contributed by atoms with Gasteiger partial charge in [0.1, 0.15) is 21.9 Å². The molecule has 1 aromatic heterocycles. The van der Waals surface area contributed by atoms with E-state index in [0.717, 1.165) is 12.1 Å². The van der Waals surface area contributed by atoms with Crippen molar-refractivity contribution < 1.29 is 13.6 Å². The molecule has 2 aromatic rings. The van der Waals surface area contributed by atoms with Gasteiger partial charge in [-0.05, 0) is 47.1 Å². The lowest BCUT2D eigenvalue weighted by atomic mass is 10.1. The predicted molar refractivity (Wildman–Crippen MR) is 74.2 cm³/mol. The van der Waals surface area contributed by atoms with Crippen LogP contribution in [0.15, 0.2) is 41.0 Å². The Morgan fingerprint density at radius 2 is 1.80 bits per heavy atom. The summed E-state index contributed by atoms with van der Waals surface area (Å²) in [7, 11) is 0. The highest BCUT2D eigenvalue weighted by Gasteiger charge is 2.19. The minimum absolute atomic E-state index is 0.169. The van der Waals surface area contributed by atoms with Crippen LogP contribution >= 0.6 is 15.9 Å². The minimum atomic E-state index is -0.801. The van der Waals surface area contributed by atoms with Crippen LogP contribution < -0.4 is 5.32 Å². The Labute approximate surface area is 123 Å². The molecule has 1 aromatic carbocycles. The molecule has 2 rings (SSSR count). The summed E-state index contributed by atoms with van der Waals surface area (Å²) in [5.41, 5.74) is -0.00109. The zero-order valence-corrected chi connectivity index (χ0v) is 12.1. The molecule has 20 heavy (non-hydrogen) atoms. The zero-order valence-electron chi connectivity index (χ0n) is 10.5. The average molecular weight is 341 g/mol. The Kier molecular flexibility index (Phi) is 4.44. The molecule has 1 amide bonds.